The van der Waals surface area contributed by atoms with Gasteiger partial charge in [0.05, 0.1) is 12.6 Å². The maximum absolute atomic E-state index is 12.8. The van der Waals surface area contributed by atoms with Crippen LogP contribution in [0.3, 0.4) is 0 Å². The molecule has 1 amide bonds. The Bertz CT molecular complexity index is 729. The van der Waals surface area contributed by atoms with Gasteiger partial charge in [-0.3, -0.25) is 9.69 Å². The lowest BCUT2D eigenvalue weighted by Gasteiger charge is -2.32. The lowest BCUT2D eigenvalue weighted by molar-refractivity contribution is -0.127. The van der Waals surface area contributed by atoms with Crippen molar-refractivity contribution in [3.63, 3.8) is 0 Å². The molecule has 1 N–H and O–H groups in total. The largest absolute Gasteiger partial charge is 0.349 e. The lowest BCUT2D eigenvalue weighted by atomic mass is 9.94. The van der Waals surface area contributed by atoms with Crippen molar-refractivity contribution in [3.05, 3.63) is 54.1 Å². The molecule has 1 saturated carbocycles. The molecule has 4 rings (SSSR count). The smallest absolute Gasteiger partial charge is 0.223 e. The Kier molecular flexibility index (Phi) is 5.07. The van der Waals surface area contributed by atoms with Gasteiger partial charge in [0.1, 0.15) is 5.82 Å². The number of nitrogens with one attached hydrogen (secondary N) is 1. The molecule has 1 aromatic carbocycles. The van der Waals surface area contributed by atoms with Crippen LogP contribution < -0.4 is 5.32 Å². The Labute approximate surface area is 155 Å². The van der Waals surface area contributed by atoms with Crippen molar-refractivity contribution in [2.45, 2.75) is 38.3 Å². The normalized spacial score (nSPS) is 20.0. The highest BCUT2D eigenvalue weighted by Crippen LogP contribution is 2.41. The number of rotatable bonds is 6. The first kappa shape index (κ1) is 17.3. The minimum Gasteiger partial charge on any atom is -0.349 e. The molecular weight excluding hydrogens is 324 g/mol. The maximum Gasteiger partial charge on any atom is 0.223 e. The Morgan fingerprint density at radius 2 is 1.92 bits per heavy atom. The number of amides is 1. The first-order valence-electron chi connectivity index (χ1n) is 9.74. The third kappa shape index (κ3) is 3.98. The molecule has 1 saturated heterocycles. The fourth-order valence-corrected chi connectivity index (χ4v) is 3.94. The van der Waals surface area contributed by atoms with Crippen LogP contribution in [0.5, 0.6) is 0 Å². The van der Waals surface area contributed by atoms with Crippen LogP contribution in [0.15, 0.2) is 42.7 Å². The number of nitrogens with zero attached hydrogens (tertiary/aromatic N) is 3. The standard InChI is InChI=1S/C21H28N4O/c1-24-14-11-22-19(24)15-25-12-9-18(10-13-25)21(26)23-20(17-7-8-17)16-5-3-2-4-6-16/h2-6,11,14,17-18,20H,7-10,12-13,15H2,1H3,(H,23,26)/t20-/m1/s1. The molecule has 5 nitrogen and oxygen atoms in total. The summed E-state index contributed by atoms with van der Waals surface area (Å²) in [5.74, 6) is 2.08. The zero-order valence-corrected chi connectivity index (χ0v) is 15.5. The average molecular weight is 352 g/mol. The monoisotopic (exact) mass is 352 g/mol. The summed E-state index contributed by atoms with van der Waals surface area (Å²) in [4.78, 5) is 19.7. The van der Waals surface area contributed by atoms with E-state index in [0.29, 0.717) is 5.92 Å². The third-order valence-corrected chi connectivity index (χ3v) is 5.79. The van der Waals surface area contributed by atoms with Gasteiger partial charge in [-0.05, 0) is 50.3 Å². The minimum absolute atomic E-state index is 0.137. The SMILES string of the molecule is Cn1ccnc1CN1CCC(C(=O)N[C@H](c2ccccc2)C2CC2)CC1. The summed E-state index contributed by atoms with van der Waals surface area (Å²) in [6.45, 7) is 2.79. The van der Waals surface area contributed by atoms with E-state index in [9.17, 15) is 4.79 Å². The third-order valence-electron chi connectivity index (χ3n) is 5.79. The zero-order chi connectivity index (χ0) is 17.9. The van der Waals surface area contributed by atoms with Gasteiger partial charge >= 0.3 is 0 Å². The predicted octanol–water partition coefficient (Wildman–Crippen LogP) is 2.90. The molecule has 0 unspecified atom stereocenters. The molecule has 0 radical (unpaired) electrons. The van der Waals surface area contributed by atoms with E-state index in [-0.39, 0.29) is 17.9 Å². The molecule has 2 heterocycles. The van der Waals surface area contributed by atoms with Crippen LogP contribution in [-0.4, -0.2) is 33.4 Å². The number of hydrogen-bond acceptors (Lipinski definition) is 3. The number of carbonyl (C=O) groups excluding carboxylic acids is 1. The first-order chi connectivity index (χ1) is 12.7. The molecule has 1 atom stereocenters. The summed E-state index contributed by atoms with van der Waals surface area (Å²) in [6, 6.07) is 10.6. The highest BCUT2D eigenvalue weighted by atomic mass is 16.2. The molecular formula is C21H28N4O. The molecule has 2 aromatic rings. The number of aromatic nitrogens is 2. The van der Waals surface area contributed by atoms with Crippen LogP contribution >= 0.6 is 0 Å². The molecule has 0 bridgehead atoms. The fourth-order valence-electron chi connectivity index (χ4n) is 3.94. The number of hydrogen-bond donors (Lipinski definition) is 1. The molecule has 0 spiro atoms. The van der Waals surface area contributed by atoms with Crippen LogP contribution in [-0.2, 0) is 18.4 Å². The topological polar surface area (TPSA) is 50.2 Å². The second-order valence-electron chi connectivity index (χ2n) is 7.74. The maximum atomic E-state index is 12.8. The van der Waals surface area contributed by atoms with Gasteiger partial charge in [0.2, 0.25) is 5.91 Å². The van der Waals surface area contributed by atoms with Gasteiger partial charge < -0.3 is 9.88 Å². The van der Waals surface area contributed by atoms with E-state index < -0.39 is 0 Å². The van der Waals surface area contributed by atoms with Crippen LogP contribution in [0, 0.1) is 11.8 Å². The van der Waals surface area contributed by atoms with Crippen molar-refractivity contribution >= 4 is 5.91 Å². The quantitative estimate of drug-likeness (QED) is 0.870. The van der Waals surface area contributed by atoms with Gasteiger partial charge in [0.25, 0.3) is 0 Å². The Morgan fingerprint density at radius 3 is 2.54 bits per heavy atom. The molecule has 1 aliphatic carbocycles. The van der Waals surface area contributed by atoms with Gasteiger partial charge in [-0.25, -0.2) is 4.98 Å². The summed E-state index contributed by atoms with van der Waals surface area (Å²) >= 11 is 0. The molecule has 1 aromatic heterocycles. The molecule has 2 aliphatic rings. The van der Waals surface area contributed by atoms with Crippen LogP contribution in [0.2, 0.25) is 0 Å². The first-order valence-corrected chi connectivity index (χ1v) is 9.74. The van der Waals surface area contributed by atoms with Gasteiger partial charge in [-0.1, -0.05) is 30.3 Å². The van der Waals surface area contributed by atoms with E-state index in [1.807, 2.05) is 25.5 Å². The van der Waals surface area contributed by atoms with E-state index in [4.69, 9.17) is 0 Å². The highest BCUT2D eigenvalue weighted by molar-refractivity contribution is 5.79. The fraction of sp³-hybridized carbons (Fsp3) is 0.524. The molecule has 2 fully saturated rings. The van der Waals surface area contributed by atoms with Gasteiger partial charge in [-0.2, -0.15) is 0 Å². The Morgan fingerprint density at radius 1 is 1.19 bits per heavy atom. The van der Waals surface area contributed by atoms with E-state index in [0.717, 1.165) is 38.3 Å². The Hall–Kier alpha value is -2.14. The van der Waals surface area contributed by atoms with Crippen molar-refractivity contribution in [2.75, 3.05) is 13.1 Å². The van der Waals surface area contributed by atoms with E-state index in [2.05, 4.69) is 44.0 Å². The van der Waals surface area contributed by atoms with Crippen molar-refractivity contribution in [1.29, 1.82) is 0 Å². The number of piperidine rings is 1. The van der Waals surface area contributed by atoms with Crippen molar-refractivity contribution < 1.29 is 4.79 Å². The van der Waals surface area contributed by atoms with Crippen LogP contribution in [0.1, 0.15) is 43.1 Å². The number of carbonyl (C=O) groups is 1. The molecule has 5 heteroatoms. The van der Waals surface area contributed by atoms with Crippen LogP contribution in [0.4, 0.5) is 0 Å². The van der Waals surface area contributed by atoms with E-state index in [1.54, 1.807) is 0 Å². The molecule has 138 valence electrons. The number of likely N-dealkylation sites (tertiary alicyclic amines) is 1. The van der Waals surface area contributed by atoms with Gasteiger partial charge in [0, 0.05) is 25.4 Å². The second-order valence-corrected chi connectivity index (χ2v) is 7.74. The second kappa shape index (κ2) is 7.62. The van der Waals surface area contributed by atoms with Crippen molar-refractivity contribution in [2.24, 2.45) is 18.9 Å². The lowest BCUT2D eigenvalue weighted by Crippen LogP contribution is -2.42. The minimum atomic E-state index is 0.137. The zero-order valence-electron chi connectivity index (χ0n) is 15.5. The van der Waals surface area contributed by atoms with Crippen molar-refractivity contribution in [3.8, 4) is 0 Å². The summed E-state index contributed by atoms with van der Waals surface area (Å²) in [5.41, 5.74) is 1.25. The predicted molar refractivity (Wildman–Crippen MR) is 101 cm³/mol. The summed E-state index contributed by atoms with van der Waals surface area (Å²) < 4.78 is 2.07. The summed E-state index contributed by atoms with van der Waals surface area (Å²) in [6.07, 6.45) is 8.14. The summed E-state index contributed by atoms with van der Waals surface area (Å²) in [5, 5.41) is 3.36. The van der Waals surface area contributed by atoms with Crippen LogP contribution in [0.25, 0.3) is 0 Å². The number of benzene rings is 1. The Balaban J connectivity index is 1.31. The van der Waals surface area contributed by atoms with E-state index >= 15 is 0 Å². The average Bonchev–Trinajstić information content (AvgIpc) is 3.44. The van der Waals surface area contributed by atoms with Gasteiger partial charge in [0.15, 0.2) is 0 Å². The molecule has 26 heavy (non-hydrogen) atoms. The molecule has 1 aliphatic heterocycles. The number of aryl methyl sites for hydroxylation is 1. The van der Waals surface area contributed by atoms with Crippen molar-refractivity contribution in [1.82, 2.24) is 19.8 Å². The van der Waals surface area contributed by atoms with Gasteiger partial charge in [-0.15, -0.1) is 0 Å². The summed E-state index contributed by atoms with van der Waals surface area (Å²) in [7, 11) is 2.03. The highest BCUT2D eigenvalue weighted by Gasteiger charge is 2.35. The van der Waals surface area contributed by atoms with E-state index in [1.165, 1.54) is 18.4 Å². The number of imidazole rings is 1.